The van der Waals surface area contributed by atoms with Crippen LogP contribution in [-0.2, 0) is 7.05 Å². The third kappa shape index (κ3) is 2.89. The second-order valence-corrected chi connectivity index (χ2v) is 4.70. The van der Waals surface area contributed by atoms with Crippen LogP contribution < -0.4 is 0 Å². The molecule has 2 rings (SSSR count). The largest absolute Gasteiger partial charge is 0.350 e. The van der Waals surface area contributed by atoms with Crippen LogP contribution in [0.4, 0.5) is 5.69 Å². The van der Waals surface area contributed by atoms with Gasteiger partial charge in [-0.1, -0.05) is 26.0 Å². The van der Waals surface area contributed by atoms with Gasteiger partial charge in [-0.15, -0.1) is 0 Å². The van der Waals surface area contributed by atoms with Crippen LogP contribution in [0.15, 0.2) is 47.6 Å². The zero-order valence-electron chi connectivity index (χ0n) is 11.3. The van der Waals surface area contributed by atoms with Gasteiger partial charge in [0.05, 0.1) is 17.6 Å². The Kier molecular flexibility index (Phi) is 3.98. The molecular formula is C16H20N2. The highest BCUT2D eigenvalue weighted by atomic mass is 14.9. The lowest BCUT2D eigenvalue weighted by Gasteiger charge is -2.08. The molecule has 0 unspecified atom stereocenters. The molecule has 0 saturated carbocycles. The summed E-state index contributed by atoms with van der Waals surface area (Å²) in [6.07, 6.45) is 5.09. The van der Waals surface area contributed by atoms with E-state index in [1.54, 1.807) is 0 Å². The van der Waals surface area contributed by atoms with Crippen molar-refractivity contribution in [2.45, 2.75) is 26.2 Å². The molecule has 0 aliphatic carbocycles. The van der Waals surface area contributed by atoms with E-state index in [0.29, 0.717) is 5.92 Å². The van der Waals surface area contributed by atoms with Crippen molar-refractivity contribution >= 4 is 11.9 Å². The third-order valence-electron chi connectivity index (χ3n) is 3.40. The summed E-state index contributed by atoms with van der Waals surface area (Å²) in [5.74, 6) is 0.621. The summed E-state index contributed by atoms with van der Waals surface area (Å²) in [4.78, 5) is 4.49. The normalized spacial score (nSPS) is 13.1. The fraction of sp³-hybridized carbons (Fsp3) is 0.312. The minimum Gasteiger partial charge on any atom is -0.350 e. The van der Waals surface area contributed by atoms with Gasteiger partial charge in [-0.2, -0.15) is 0 Å². The summed E-state index contributed by atoms with van der Waals surface area (Å²) in [7, 11) is 2.02. The fourth-order valence-electron chi connectivity index (χ4n) is 1.87. The van der Waals surface area contributed by atoms with E-state index < -0.39 is 0 Å². The van der Waals surface area contributed by atoms with Gasteiger partial charge < -0.3 is 4.57 Å². The highest BCUT2D eigenvalue weighted by molar-refractivity contribution is 5.80. The lowest BCUT2D eigenvalue weighted by Crippen LogP contribution is -1.92. The molecule has 1 heterocycles. The molecule has 0 amide bonds. The first-order valence-corrected chi connectivity index (χ1v) is 6.46. The zero-order chi connectivity index (χ0) is 13.0. The Morgan fingerprint density at radius 1 is 1.22 bits per heavy atom. The van der Waals surface area contributed by atoms with Gasteiger partial charge in [-0.05, 0) is 42.2 Å². The van der Waals surface area contributed by atoms with E-state index in [2.05, 4.69) is 53.7 Å². The van der Waals surface area contributed by atoms with E-state index in [1.165, 1.54) is 12.0 Å². The molecule has 0 fully saturated rings. The topological polar surface area (TPSA) is 17.3 Å². The summed E-state index contributed by atoms with van der Waals surface area (Å²) in [6, 6.07) is 12.6. The van der Waals surface area contributed by atoms with Crippen LogP contribution in [0.3, 0.4) is 0 Å². The van der Waals surface area contributed by atoms with Gasteiger partial charge in [0, 0.05) is 13.2 Å². The first-order chi connectivity index (χ1) is 8.70. The smallest absolute Gasteiger partial charge is 0.0630 e. The number of nitrogens with zero attached hydrogens (tertiary/aromatic N) is 2. The van der Waals surface area contributed by atoms with Crippen LogP contribution in [0, 0.1) is 0 Å². The van der Waals surface area contributed by atoms with Crippen molar-refractivity contribution in [1.82, 2.24) is 4.57 Å². The standard InChI is InChI=1S/C16H20N2/c1-4-13(2)14-7-9-15(10-8-14)17-12-16-6-5-11-18(16)3/h5-13H,4H2,1-3H3/t13-/m1/s1. The van der Waals surface area contributed by atoms with E-state index in [4.69, 9.17) is 0 Å². The van der Waals surface area contributed by atoms with E-state index in [1.807, 2.05) is 25.5 Å². The second kappa shape index (κ2) is 5.67. The van der Waals surface area contributed by atoms with Crippen molar-refractivity contribution in [2.24, 2.45) is 12.0 Å². The molecule has 2 aromatic rings. The number of hydrogen-bond donors (Lipinski definition) is 0. The Bertz CT molecular complexity index is 520. The molecule has 0 radical (unpaired) electrons. The second-order valence-electron chi connectivity index (χ2n) is 4.70. The maximum absolute atomic E-state index is 4.49. The monoisotopic (exact) mass is 240 g/mol. The van der Waals surface area contributed by atoms with Crippen LogP contribution in [0.1, 0.15) is 37.4 Å². The maximum Gasteiger partial charge on any atom is 0.0630 e. The minimum atomic E-state index is 0.621. The fourth-order valence-corrected chi connectivity index (χ4v) is 1.87. The molecule has 0 aliphatic heterocycles. The first kappa shape index (κ1) is 12.6. The predicted molar refractivity (Wildman–Crippen MR) is 77.8 cm³/mol. The van der Waals surface area contributed by atoms with Crippen LogP contribution in [0.2, 0.25) is 0 Å². The molecule has 0 saturated heterocycles. The number of aliphatic imine (C=N–C) groups is 1. The lowest BCUT2D eigenvalue weighted by molar-refractivity contribution is 0.734. The van der Waals surface area contributed by atoms with Crippen LogP contribution >= 0.6 is 0 Å². The van der Waals surface area contributed by atoms with Gasteiger partial charge in [-0.25, -0.2) is 0 Å². The molecule has 94 valence electrons. The SMILES string of the molecule is CC[C@@H](C)c1ccc(N=Cc2cccn2C)cc1. The van der Waals surface area contributed by atoms with Crippen molar-refractivity contribution < 1.29 is 0 Å². The Labute approximate surface area is 109 Å². The van der Waals surface area contributed by atoms with Gasteiger partial charge >= 0.3 is 0 Å². The average Bonchev–Trinajstić information content (AvgIpc) is 2.81. The van der Waals surface area contributed by atoms with Crippen molar-refractivity contribution in [1.29, 1.82) is 0 Å². The molecule has 18 heavy (non-hydrogen) atoms. The third-order valence-corrected chi connectivity index (χ3v) is 3.40. The average molecular weight is 240 g/mol. The summed E-state index contributed by atoms with van der Waals surface area (Å²) in [6.45, 7) is 4.47. The minimum absolute atomic E-state index is 0.621. The van der Waals surface area contributed by atoms with Crippen molar-refractivity contribution in [3.63, 3.8) is 0 Å². The van der Waals surface area contributed by atoms with E-state index in [-0.39, 0.29) is 0 Å². The lowest BCUT2D eigenvalue weighted by atomic mass is 9.99. The molecule has 0 spiro atoms. The van der Waals surface area contributed by atoms with Crippen LogP contribution in [0.5, 0.6) is 0 Å². The molecule has 1 aromatic heterocycles. The Balaban J connectivity index is 2.11. The molecule has 2 nitrogen and oxygen atoms in total. The summed E-state index contributed by atoms with van der Waals surface area (Å²) >= 11 is 0. The van der Waals surface area contributed by atoms with Gasteiger partial charge in [0.1, 0.15) is 0 Å². The Hall–Kier alpha value is -1.83. The Morgan fingerprint density at radius 2 is 1.94 bits per heavy atom. The number of aryl methyl sites for hydroxylation is 1. The highest BCUT2D eigenvalue weighted by Gasteiger charge is 2.01. The molecule has 1 atom stereocenters. The van der Waals surface area contributed by atoms with Gasteiger partial charge in [-0.3, -0.25) is 4.99 Å². The van der Waals surface area contributed by atoms with Crippen molar-refractivity contribution in [3.8, 4) is 0 Å². The highest BCUT2D eigenvalue weighted by Crippen LogP contribution is 2.21. The molecular weight excluding hydrogens is 220 g/mol. The summed E-state index contributed by atoms with van der Waals surface area (Å²) < 4.78 is 2.05. The Morgan fingerprint density at radius 3 is 2.50 bits per heavy atom. The van der Waals surface area contributed by atoms with Gasteiger partial charge in [0.25, 0.3) is 0 Å². The van der Waals surface area contributed by atoms with E-state index in [0.717, 1.165) is 11.4 Å². The van der Waals surface area contributed by atoms with Crippen LogP contribution in [-0.4, -0.2) is 10.8 Å². The van der Waals surface area contributed by atoms with E-state index >= 15 is 0 Å². The molecule has 2 heteroatoms. The molecule has 0 aliphatic rings. The quantitative estimate of drug-likeness (QED) is 0.709. The van der Waals surface area contributed by atoms with Crippen molar-refractivity contribution in [3.05, 3.63) is 53.9 Å². The molecule has 0 bridgehead atoms. The van der Waals surface area contributed by atoms with Gasteiger partial charge in [0.2, 0.25) is 0 Å². The van der Waals surface area contributed by atoms with Crippen LogP contribution in [0.25, 0.3) is 0 Å². The van der Waals surface area contributed by atoms with Crippen molar-refractivity contribution in [2.75, 3.05) is 0 Å². The van der Waals surface area contributed by atoms with Gasteiger partial charge in [0.15, 0.2) is 0 Å². The number of aromatic nitrogens is 1. The number of rotatable bonds is 4. The summed E-state index contributed by atoms with van der Waals surface area (Å²) in [5, 5.41) is 0. The first-order valence-electron chi connectivity index (χ1n) is 6.46. The number of benzene rings is 1. The zero-order valence-corrected chi connectivity index (χ0v) is 11.3. The predicted octanol–water partition coefficient (Wildman–Crippen LogP) is 4.29. The number of hydrogen-bond acceptors (Lipinski definition) is 1. The summed E-state index contributed by atoms with van der Waals surface area (Å²) in [5.41, 5.74) is 3.50. The molecule has 1 aromatic carbocycles. The molecule has 0 N–H and O–H groups in total. The maximum atomic E-state index is 4.49. The van der Waals surface area contributed by atoms with E-state index in [9.17, 15) is 0 Å².